The summed E-state index contributed by atoms with van der Waals surface area (Å²) >= 11 is 0. The van der Waals surface area contributed by atoms with Crippen LogP contribution in [0.25, 0.3) is 0 Å². The van der Waals surface area contributed by atoms with Gasteiger partial charge in [0.1, 0.15) is 32.9 Å². The van der Waals surface area contributed by atoms with Crippen LogP contribution in [0.2, 0.25) is 78.6 Å². The summed E-state index contributed by atoms with van der Waals surface area (Å²) < 4.78 is 5.79. The second-order valence-electron chi connectivity index (χ2n) is 9.80. The highest BCUT2D eigenvalue weighted by Gasteiger charge is 2.45. The lowest BCUT2D eigenvalue weighted by Gasteiger charge is -2.57. The Hall–Kier alpha value is 1.00. The molecule has 0 fully saturated rings. The molecule has 0 heterocycles. The molecule has 0 aliphatic heterocycles. The third-order valence-corrected chi connectivity index (χ3v) is 19.7. The minimum atomic E-state index is -1.36. The van der Waals surface area contributed by atoms with Crippen molar-refractivity contribution < 1.29 is 0 Å². The lowest BCUT2D eigenvalue weighted by molar-refractivity contribution is 0.409. The molecular formula is C13H37N2Si5. The maximum atomic E-state index is 4.21. The Bertz CT molecular complexity index is 260. The molecule has 0 aliphatic rings. The molecule has 2 nitrogen and oxygen atoms in total. The Morgan fingerprint density at radius 2 is 0.650 bits per heavy atom. The van der Waals surface area contributed by atoms with Crippen LogP contribution in [0.4, 0.5) is 0 Å². The van der Waals surface area contributed by atoms with Crippen LogP contribution in [0.15, 0.2) is 0 Å². The highest BCUT2D eigenvalue weighted by atomic mass is 28.4. The highest BCUT2D eigenvalue weighted by molar-refractivity contribution is 6.92. The third kappa shape index (κ3) is 5.66. The maximum absolute atomic E-state index is 4.21. The average molecular weight is 362 g/mol. The summed E-state index contributed by atoms with van der Waals surface area (Å²) in [6.45, 7) is 29.9. The Balaban J connectivity index is 5.81. The van der Waals surface area contributed by atoms with E-state index in [1.807, 2.05) is 0 Å². The van der Waals surface area contributed by atoms with Crippen molar-refractivity contribution in [2.24, 2.45) is 0 Å². The predicted octanol–water partition coefficient (Wildman–Crippen LogP) is 4.38. The molecule has 0 atom stereocenters. The monoisotopic (exact) mass is 361 g/mol. The van der Waals surface area contributed by atoms with Crippen molar-refractivity contribution in [1.82, 2.24) is 8.46 Å². The first kappa shape index (κ1) is 21.0. The quantitative estimate of drug-likeness (QED) is 0.511. The van der Waals surface area contributed by atoms with Gasteiger partial charge in [0.25, 0.3) is 0 Å². The molecule has 0 saturated carbocycles. The second-order valence-corrected chi connectivity index (χ2v) is 30.5. The molecule has 0 amide bonds. The minimum absolute atomic E-state index is 0.423. The molecule has 0 rings (SSSR count). The zero-order valence-corrected chi connectivity index (χ0v) is 21.0. The van der Waals surface area contributed by atoms with E-state index in [1.54, 1.807) is 0 Å². The first-order chi connectivity index (χ1) is 8.40. The maximum Gasteiger partial charge on any atom is 0.113 e. The van der Waals surface area contributed by atoms with Crippen molar-refractivity contribution in [2.45, 2.75) is 84.4 Å². The summed E-state index contributed by atoms with van der Waals surface area (Å²) in [5, 5.41) is 0. The molecule has 7 heteroatoms. The summed E-state index contributed by atoms with van der Waals surface area (Å²) in [6.07, 6.45) is 0. The van der Waals surface area contributed by atoms with Gasteiger partial charge in [-0.15, -0.1) is 0 Å². The summed E-state index contributed by atoms with van der Waals surface area (Å²) in [4.78, 5) is 0. The highest BCUT2D eigenvalue weighted by Crippen LogP contribution is 2.29. The van der Waals surface area contributed by atoms with Crippen LogP contribution in [0.5, 0.6) is 0 Å². The Kier molecular flexibility index (Phi) is 6.56. The van der Waals surface area contributed by atoms with Crippen LogP contribution in [0.1, 0.15) is 0 Å². The molecule has 3 radical (unpaired) electrons. The molecule has 0 N–H and O–H groups in total. The van der Waals surface area contributed by atoms with Crippen LogP contribution in [0, 0.1) is 0 Å². The lowest BCUT2D eigenvalue weighted by Crippen LogP contribution is -2.74. The zero-order chi connectivity index (χ0) is 16.7. The smallest absolute Gasteiger partial charge is 0.113 e. The van der Waals surface area contributed by atoms with Gasteiger partial charge in [0.2, 0.25) is 0 Å². The predicted molar refractivity (Wildman–Crippen MR) is 107 cm³/mol. The van der Waals surface area contributed by atoms with E-state index in [0.717, 1.165) is 0 Å². The van der Waals surface area contributed by atoms with Crippen LogP contribution in [-0.4, -0.2) is 57.4 Å². The van der Waals surface area contributed by atoms with Gasteiger partial charge >= 0.3 is 0 Å². The fourth-order valence-electron chi connectivity index (χ4n) is 3.60. The van der Waals surface area contributed by atoms with E-state index in [1.165, 1.54) is 0 Å². The summed E-state index contributed by atoms with van der Waals surface area (Å²) in [5.74, 6) is 0.423. The number of hydrogen-bond donors (Lipinski definition) is 0. The standard InChI is InChI=1S/C13H37N2Si5/c1-17(2,3)14(18(4,5)6)13(16)15(19(7,8)9)20(10,11)12/h13H,1-12H3. The van der Waals surface area contributed by atoms with Crippen molar-refractivity contribution in [1.29, 1.82) is 0 Å². The van der Waals surface area contributed by atoms with Gasteiger partial charge in [-0.3, -0.25) is 0 Å². The van der Waals surface area contributed by atoms with Gasteiger partial charge in [-0.1, -0.05) is 78.6 Å². The van der Waals surface area contributed by atoms with E-state index in [-0.39, 0.29) is 0 Å². The largest absolute Gasteiger partial charge is 0.336 e. The Morgan fingerprint density at radius 1 is 0.500 bits per heavy atom. The molecule has 0 bridgehead atoms. The van der Waals surface area contributed by atoms with Crippen molar-refractivity contribution in [3.8, 4) is 0 Å². The van der Waals surface area contributed by atoms with Gasteiger partial charge in [-0.2, -0.15) is 0 Å². The Morgan fingerprint density at radius 3 is 0.750 bits per heavy atom. The molecule has 0 unspecified atom stereocenters. The lowest BCUT2D eigenvalue weighted by atomic mass is 11.2. The van der Waals surface area contributed by atoms with Crippen molar-refractivity contribution in [3.05, 3.63) is 0 Å². The molecule has 20 heavy (non-hydrogen) atoms. The van der Waals surface area contributed by atoms with Gasteiger partial charge in [-0.25, -0.2) is 0 Å². The van der Waals surface area contributed by atoms with E-state index >= 15 is 0 Å². The van der Waals surface area contributed by atoms with E-state index in [4.69, 9.17) is 0 Å². The SMILES string of the molecule is C[Si](C)(C)N(C([Si])N([Si](C)(C)C)[Si](C)(C)C)[Si](C)(C)C. The summed E-state index contributed by atoms with van der Waals surface area (Å²) in [6, 6.07) is 0. The van der Waals surface area contributed by atoms with Crippen LogP contribution in [0.3, 0.4) is 0 Å². The molecule has 0 spiro atoms. The molecule has 0 saturated heterocycles. The summed E-state index contributed by atoms with van der Waals surface area (Å²) in [5.41, 5.74) is 0. The Labute approximate surface area is 136 Å². The first-order valence-electron chi connectivity index (χ1n) is 7.70. The van der Waals surface area contributed by atoms with Gasteiger partial charge in [0.15, 0.2) is 0 Å². The molecule has 0 aromatic carbocycles. The third-order valence-electron chi connectivity index (χ3n) is 3.38. The van der Waals surface area contributed by atoms with Gasteiger partial charge in [0.05, 0.1) is 10.2 Å². The fourth-order valence-corrected chi connectivity index (χ4v) is 28.2. The number of nitrogens with zero attached hydrogens (tertiary/aromatic N) is 2. The number of hydrogen-bond acceptors (Lipinski definition) is 2. The molecular weight excluding hydrogens is 325 g/mol. The van der Waals surface area contributed by atoms with Gasteiger partial charge in [0, 0.05) is 5.79 Å². The fraction of sp³-hybridized carbons (Fsp3) is 1.00. The average Bonchev–Trinajstić information content (AvgIpc) is 1.88. The van der Waals surface area contributed by atoms with Crippen LogP contribution in [-0.2, 0) is 0 Å². The first-order valence-corrected chi connectivity index (χ1v) is 22.1. The van der Waals surface area contributed by atoms with E-state index in [0.29, 0.717) is 5.79 Å². The molecule has 0 aromatic rings. The zero-order valence-electron chi connectivity index (χ0n) is 16.0. The van der Waals surface area contributed by atoms with Crippen LogP contribution < -0.4 is 0 Å². The van der Waals surface area contributed by atoms with Gasteiger partial charge < -0.3 is 8.46 Å². The molecule has 0 aliphatic carbocycles. The van der Waals surface area contributed by atoms with E-state index < -0.39 is 32.9 Å². The van der Waals surface area contributed by atoms with E-state index in [9.17, 15) is 0 Å². The molecule has 0 aromatic heterocycles. The topological polar surface area (TPSA) is 6.48 Å². The van der Waals surface area contributed by atoms with Gasteiger partial charge in [-0.05, 0) is 0 Å². The minimum Gasteiger partial charge on any atom is -0.336 e. The van der Waals surface area contributed by atoms with E-state index in [2.05, 4.69) is 97.3 Å². The second kappa shape index (κ2) is 6.25. The van der Waals surface area contributed by atoms with Crippen molar-refractivity contribution in [3.63, 3.8) is 0 Å². The normalized spacial score (nSPS) is 15.6. The molecule has 119 valence electrons. The summed E-state index contributed by atoms with van der Waals surface area (Å²) in [7, 11) is -1.22. The number of rotatable bonds is 6. The van der Waals surface area contributed by atoms with Crippen LogP contribution >= 0.6 is 0 Å². The van der Waals surface area contributed by atoms with Crippen molar-refractivity contribution in [2.75, 3.05) is 0 Å². The van der Waals surface area contributed by atoms with Crippen molar-refractivity contribution >= 4 is 43.2 Å².